The van der Waals surface area contributed by atoms with Crippen molar-refractivity contribution in [2.75, 3.05) is 6.61 Å². The number of carbonyl (C=O) groups excluding carboxylic acids is 1. The first-order valence-corrected chi connectivity index (χ1v) is 12.7. The van der Waals surface area contributed by atoms with Crippen LogP contribution >= 0.6 is 0 Å². The Hall–Kier alpha value is -2.28. The number of esters is 1. The lowest BCUT2D eigenvalue weighted by Crippen LogP contribution is -2.65. The number of ether oxygens (including phenoxy) is 1. The molecule has 0 fully saturated rings. The van der Waals surface area contributed by atoms with Gasteiger partial charge in [-0.15, -0.1) is 4.72 Å². The molecule has 0 aliphatic carbocycles. The zero-order valence-corrected chi connectivity index (χ0v) is 20.6. The molecule has 0 spiro atoms. The van der Waals surface area contributed by atoms with Gasteiger partial charge in [-0.05, 0) is 38.0 Å². The van der Waals surface area contributed by atoms with Crippen LogP contribution in [-0.4, -0.2) is 52.1 Å². The Morgan fingerprint density at radius 1 is 0.892 bits per heavy atom. The molecular weight excluding hydrogens is 577 g/mol. The van der Waals surface area contributed by atoms with Crippen LogP contribution in [0.5, 0.6) is 5.75 Å². The van der Waals surface area contributed by atoms with Gasteiger partial charge < -0.3 is 8.92 Å². The maximum Gasteiger partial charge on any atom is 0.511 e. The van der Waals surface area contributed by atoms with Crippen molar-refractivity contribution >= 4 is 26.1 Å². The lowest BCUT2D eigenvalue weighted by Gasteiger charge is -2.31. The summed E-state index contributed by atoms with van der Waals surface area (Å²) in [6.07, 6.45) is 0.495. The molecule has 19 heteroatoms. The van der Waals surface area contributed by atoms with Crippen molar-refractivity contribution in [3.63, 3.8) is 0 Å². The number of carbonyl (C=O) groups is 1. The predicted octanol–water partition coefficient (Wildman–Crippen LogP) is 4.18. The fourth-order valence-corrected chi connectivity index (χ4v) is 3.62. The first-order chi connectivity index (χ1) is 16.3. The zero-order valence-electron chi connectivity index (χ0n) is 19.0. The highest BCUT2D eigenvalue weighted by atomic mass is 32.2. The predicted molar refractivity (Wildman–Crippen MR) is 108 cm³/mol. The van der Waals surface area contributed by atoms with Crippen LogP contribution < -0.4 is 8.91 Å². The van der Waals surface area contributed by atoms with E-state index >= 15 is 0 Å². The summed E-state index contributed by atoms with van der Waals surface area (Å²) in [6.45, 7) is 4.84. The molecular formula is C18H20F9NO7S2. The summed E-state index contributed by atoms with van der Waals surface area (Å²) in [7, 11) is -14.4. The summed E-state index contributed by atoms with van der Waals surface area (Å²) in [4.78, 5) is 11.9. The second-order valence-electron chi connectivity index (χ2n) is 8.02. The first kappa shape index (κ1) is 32.7. The van der Waals surface area contributed by atoms with Gasteiger partial charge in [0.2, 0.25) is 0 Å². The van der Waals surface area contributed by atoms with E-state index < -0.39 is 64.7 Å². The molecule has 0 atom stereocenters. The first-order valence-electron chi connectivity index (χ1n) is 9.78. The van der Waals surface area contributed by atoms with Crippen molar-refractivity contribution in [3.05, 3.63) is 29.8 Å². The normalized spacial score (nSPS) is 14.4. The van der Waals surface area contributed by atoms with Gasteiger partial charge >= 0.3 is 48.8 Å². The fraction of sp³-hybridized carbons (Fsp3) is 0.611. The number of sulfonamides is 1. The van der Waals surface area contributed by atoms with E-state index in [9.17, 15) is 61.1 Å². The van der Waals surface area contributed by atoms with Crippen molar-refractivity contribution in [1.29, 1.82) is 0 Å². The molecule has 8 nitrogen and oxygen atoms in total. The Morgan fingerprint density at radius 2 is 1.38 bits per heavy atom. The third-order valence-corrected chi connectivity index (χ3v) is 7.26. The van der Waals surface area contributed by atoms with Crippen LogP contribution in [0.25, 0.3) is 0 Å². The molecule has 0 bridgehead atoms. The molecule has 1 rings (SSSR count). The second kappa shape index (κ2) is 10.5. The lowest BCUT2D eigenvalue weighted by atomic mass is 9.91. The Labute approximate surface area is 205 Å². The van der Waals surface area contributed by atoms with Crippen molar-refractivity contribution in [2.45, 2.75) is 56.3 Å². The Morgan fingerprint density at radius 3 is 1.81 bits per heavy atom. The molecule has 0 radical (unpaired) electrons. The average Bonchev–Trinajstić information content (AvgIpc) is 2.72. The lowest BCUT2D eigenvalue weighted by molar-refractivity contribution is -0.285. The molecule has 0 aliphatic heterocycles. The number of alkyl halides is 9. The Bertz CT molecular complexity index is 1180. The second-order valence-corrected chi connectivity index (χ2v) is 11.3. The summed E-state index contributed by atoms with van der Waals surface area (Å²) in [5.74, 6) is -8.88. The van der Waals surface area contributed by atoms with E-state index in [1.165, 1.54) is 0 Å². The van der Waals surface area contributed by atoms with Gasteiger partial charge in [0.15, 0.2) is 0 Å². The minimum Gasteiger partial charge on any atom is -0.465 e. The van der Waals surface area contributed by atoms with Crippen molar-refractivity contribution in [3.8, 4) is 5.75 Å². The molecule has 0 aromatic heterocycles. The molecule has 0 unspecified atom stereocenters. The SMILES string of the molecule is CCC(C)(C)C(=O)OCCc1ccc(OS(=O)(=O)C(F)(F)C(F)(F)C(F)(F)NS(=O)(=O)C(F)(F)F)cc1. The molecule has 214 valence electrons. The van der Waals surface area contributed by atoms with Crippen molar-refractivity contribution in [1.82, 2.24) is 4.72 Å². The molecule has 1 aromatic carbocycles. The molecule has 1 N–H and O–H groups in total. The molecule has 1 aromatic rings. The number of hydrogen-bond acceptors (Lipinski definition) is 7. The Balaban J connectivity index is 3.04. The van der Waals surface area contributed by atoms with Crippen LogP contribution in [0.15, 0.2) is 24.3 Å². The topological polar surface area (TPSA) is 116 Å². The molecule has 0 amide bonds. The largest absolute Gasteiger partial charge is 0.511 e. The Kier molecular flexibility index (Phi) is 9.27. The fourth-order valence-electron chi connectivity index (χ4n) is 2.12. The van der Waals surface area contributed by atoms with Crippen molar-refractivity contribution < 1.29 is 70.1 Å². The van der Waals surface area contributed by atoms with E-state index in [4.69, 9.17) is 4.74 Å². The van der Waals surface area contributed by atoms with Gasteiger partial charge in [0.05, 0.1) is 12.0 Å². The third kappa shape index (κ3) is 6.98. The van der Waals surface area contributed by atoms with Gasteiger partial charge in [0.25, 0.3) is 0 Å². The van der Waals surface area contributed by atoms with Gasteiger partial charge in [-0.3, -0.25) is 4.79 Å². The molecule has 0 saturated carbocycles. The number of benzene rings is 1. The monoisotopic (exact) mass is 597 g/mol. The van der Waals surface area contributed by atoms with Crippen molar-refractivity contribution in [2.24, 2.45) is 5.41 Å². The van der Waals surface area contributed by atoms with E-state index in [1.807, 2.05) is 0 Å². The van der Waals surface area contributed by atoms with Gasteiger partial charge in [0.1, 0.15) is 5.75 Å². The summed E-state index contributed by atoms with van der Waals surface area (Å²) in [5, 5.41) is -6.93. The van der Waals surface area contributed by atoms with E-state index in [2.05, 4.69) is 4.18 Å². The molecule has 0 aliphatic rings. The van der Waals surface area contributed by atoms with Crippen LogP contribution in [0.3, 0.4) is 0 Å². The summed E-state index contributed by atoms with van der Waals surface area (Å²) in [6, 6.07) is -3.61. The number of hydrogen-bond donors (Lipinski definition) is 1. The highest BCUT2D eigenvalue weighted by Gasteiger charge is 2.80. The van der Waals surface area contributed by atoms with E-state index in [1.54, 1.807) is 20.8 Å². The molecule has 0 saturated heterocycles. The highest BCUT2D eigenvalue weighted by molar-refractivity contribution is 7.90. The standard InChI is InChI=1S/C18H20F9NO7S2/c1-4-14(2,3)13(29)34-10-9-11-5-7-12(8-6-11)35-37(32,33)17(23,24)15(19,20)16(21,22)28-36(30,31)18(25,26)27/h5-8,28H,4,9-10H2,1-3H3. The molecule has 37 heavy (non-hydrogen) atoms. The highest BCUT2D eigenvalue weighted by Crippen LogP contribution is 2.48. The minimum absolute atomic E-state index is 0.0262. The third-order valence-electron chi connectivity index (χ3n) is 4.83. The molecule has 0 heterocycles. The average molecular weight is 597 g/mol. The van der Waals surface area contributed by atoms with Crippen LogP contribution in [0.1, 0.15) is 32.8 Å². The number of nitrogens with one attached hydrogen (secondary N) is 1. The number of halogens is 9. The maximum absolute atomic E-state index is 14.0. The van der Waals surface area contributed by atoms with Gasteiger partial charge in [-0.2, -0.15) is 47.9 Å². The van der Waals surface area contributed by atoms with Gasteiger partial charge in [-0.1, -0.05) is 19.1 Å². The van der Waals surface area contributed by atoms with Crippen LogP contribution in [0, 0.1) is 5.41 Å². The zero-order chi connectivity index (χ0) is 29.3. The van der Waals surface area contributed by atoms with Gasteiger partial charge in [-0.25, -0.2) is 8.42 Å². The van der Waals surface area contributed by atoms with Gasteiger partial charge in [0, 0.05) is 6.42 Å². The minimum atomic E-state index is -7.31. The number of rotatable bonds is 12. The van der Waals surface area contributed by atoms with Crippen LogP contribution in [-0.2, 0) is 36.1 Å². The summed E-state index contributed by atoms with van der Waals surface area (Å²) >= 11 is 0. The summed E-state index contributed by atoms with van der Waals surface area (Å²) in [5.41, 5.74) is -7.09. The van der Waals surface area contributed by atoms with E-state index in [-0.39, 0.29) is 13.0 Å². The smallest absolute Gasteiger partial charge is 0.465 e. The van der Waals surface area contributed by atoms with E-state index in [0.29, 0.717) is 24.1 Å². The summed E-state index contributed by atoms with van der Waals surface area (Å²) < 4.78 is 172. The van der Waals surface area contributed by atoms with E-state index in [0.717, 1.165) is 12.1 Å². The maximum atomic E-state index is 14.0. The quantitative estimate of drug-likeness (QED) is 0.166. The van der Waals surface area contributed by atoms with Crippen LogP contribution in [0.2, 0.25) is 0 Å². The van der Waals surface area contributed by atoms with Crippen LogP contribution in [0.4, 0.5) is 39.5 Å².